The van der Waals surface area contributed by atoms with Gasteiger partial charge in [-0.15, -0.1) is 0 Å². The Balaban J connectivity index is 2.12. The van der Waals surface area contributed by atoms with Gasteiger partial charge in [-0.3, -0.25) is 4.90 Å². The number of rotatable bonds is 3. The van der Waals surface area contributed by atoms with Crippen molar-refractivity contribution in [3.63, 3.8) is 0 Å². The molecule has 0 aliphatic heterocycles. The Bertz CT molecular complexity index is 487. The van der Waals surface area contributed by atoms with Crippen molar-refractivity contribution in [2.24, 2.45) is 5.92 Å². The molecule has 1 N–H and O–H groups in total. The van der Waals surface area contributed by atoms with Crippen LogP contribution in [-0.4, -0.2) is 23.1 Å². The molecule has 0 saturated heterocycles. The number of hydrogen-bond donors (Lipinski definition) is 1. The van der Waals surface area contributed by atoms with Gasteiger partial charge in [0.15, 0.2) is 0 Å². The average molecular weight is 301 g/mol. The normalized spacial score (nSPS) is 23.5. The van der Waals surface area contributed by atoms with Crippen LogP contribution in [0.5, 0.6) is 5.75 Å². The molecular formula is C16H22F3NO. The van der Waals surface area contributed by atoms with Gasteiger partial charge in [-0.2, -0.15) is 13.2 Å². The van der Waals surface area contributed by atoms with Gasteiger partial charge in [0.2, 0.25) is 0 Å². The van der Waals surface area contributed by atoms with E-state index in [1.165, 1.54) is 19.3 Å². The minimum absolute atomic E-state index is 0.418. The molecule has 1 fully saturated rings. The van der Waals surface area contributed by atoms with Crippen LogP contribution in [0, 0.1) is 5.92 Å². The van der Waals surface area contributed by atoms with E-state index in [1.807, 2.05) is 7.05 Å². The van der Waals surface area contributed by atoms with Gasteiger partial charge >= 0.3 is 6.18 Å². The second kappa shape index (κ2) is 6.26. The molecule has 1 aliphatic rings. The maximum Gasteiger partial charge on any atom is 0.419 e. The summed E-state index contributed by atoms with van der Waals surface area (Å²) in [5.41, 5.74) is -0.370. The summed E-state index contributed by atoms with van der Waals surface area (Å²) in [4.78, 5) is 2.14. The first-order valence-electron chi connectivity index (χ1n) is 7.38. The van der Waals surface area contributed by atoms with Crippen molar-refractivity contribution in [2.75, 3.05) is 7.05 Å². The third-order valence-corrected chi connectivity index (χ3v) is 4.43. The summed E-state index contributed by atoms with van der Waals surface area (Å²) < 4.78 is 38.4. The number of halogens is 3. The smallest absolute Gasteiger partial charge is 0.419 e. The molecule has 0 spiro atoms. The number of phenolic OH excluding ortho intramolecular Hbond substituents is 1. The van der Waals surface area contributed by atoms with E-state index in [9.17, 15) is 18.3 Å². The van der Waals surface area contributed by atoms with Crippen molar-refractivity contribution in [3.05, 3.63) is 29.3 Å². The van der Waals surface area contributed by atoms with Crippen molar-refractivity contribution in [2.45, 2.75) is 51.4 Å². The topological polar surface area (TPSA) is 23.5 Å². The fourth-order valence-corrected chi connectivity index (χ4v) is 3.27. The van der Waals surface area contributed by atoms with Crippen LogP contribution in [0.15, 0.2) is 18.2 Å². The zero-order valence-electron chi connectivity index (χ0n) is 12.5. The van der Waals surface area contributed by atoms with E-state index in [-0.39, 0.29) is 0 Å². The molecule has 0 aromatic heterocycles. The molecule has 5 heteroatoms. The molecule has 2 unspecified atom stereocenters. The lowest BCUT2D eigenvalue weighted by molar-refractivity contribution is -0.138. The van der Waals surface area contributed by atoms with E-state index in [1.54, 1.807) is 6.07 Å². The predicted molar refractivity (Wildman–Crippen MR) is 76.0 cm³/mol. The van der Waals surface area contributed by atoms with Gasteiger partial charge in [0.1, 0.15) is 5.75 Å². The molecule has 1 aromatic rings. The molecule has 2 atom stereocenters. The van der Waals surface area contributed by atoms with Crippen LogP contribution in [0.3, 0.4) is 0 Å². The van der Waals surface area contributed by atoms with Gasteiger partial charge in [0.25, 0.3) is 0 Å². The molecule has 1 saturated carbocycles. The highest BCUT2D eigenvalue weighted by molar-refractivity contribution is 5.38. The Kier molecular flexibility index (Phi) is 4.81. The number of phenols is 1. The number of aromatic hydroxyl groups is 1. The Morgan fingerprint density at radius 1 is 1.24 bits per heavy atom. The minimum atomic E-state index is -4.52. The summed E-state index contributed by atoms with van der Waals surface area (Å²) in [6, 6.07) is 4.17. The van der Waals surface area contributed by atoms with E-state index >= 15 is 0 Å². The Hall–Kier alpha value is -1.23. The molecule has 21 heavy (non-hydrogen) atoms. The monoisotopic (exact) mass is 301 g/mol. The lowest BCUT2D eigenvalue weighted by atomic mass is 9.85. The first-order chi connectivity index (χ1) is 9.79. The molecule has 0 heterocycles. The highest BCUT2D eigenvalue weighted by Crippen LogP contribution is 2.36. The molecule has 1 aromatic carbocycles. The summed E-state index contributed by atoms with van der Waals surface area (Å²) in [6.07, 6.45) is 0.183. The maximum atomic E-state index is 12.8. The lowest BCUT2D eigenvalue weighted by Crippen LogP contribution is -2.38. The van der Waals surface area contributed by atoms with E-state index in [0.29, 0.717) is 24.1 Å². The van der Waals surface area contributed by atoms with Crippen LogP contribution in [0.4, 0.5) is 13.2 Å². The fraction of sp³-hybridized carbons (Fsp3) is 0.625. The van der Waals surface area contributed by atoms with Crippen LogP contribution in [0.2, 0.25) is 0 Å². The maximum absolute atomic E-state index is 12.8. The van der Waals surface area contributed by atoms with E-state index in [0.717, 1.165) is 18.6 Å². The van der Waals surface area contributed by atoms with Crippen molar-refractivity contribution in [3.8, 4) is 5.75 Å². The SMILES string of the molecule is CC1CCCCC1N(C)Cc1ccc(O)c(C(F)(F)F)c1. The Morgan fingerprint density at radius 2 is 1.90 bits per heavy atom. The van der Waals surface area contributed by atoms with Gasteiger partial charge in [0.05, 0.1) is 5.56 Å². The molecule has 0 bridgehead atoms. The summed E-state index contributed by atoms with van der Waals surface area (Å²) in [6.45, 7) is 2.68. The van der Waals surface area contributed by atoms with Crippen molar-refractivity contribution in [1.29, 1.82) is 0 Å². The quantitative estimate of drug-likeness (QED) is 0.893. The highest BCUT2D eigenvalue weighted by Gasteiger charge is 2.34. The molecule has 0 amide bonds. The molecular weight excluding hydrogens is 279 g/mol. The first kappa shape index (κ1) is 16.1. The van der Waals surface area contributed by atoms with Crippen LogP contribution in [0.25, 0.3) is 0 Å². The van der Waals surface area contributed by atoms with Crippen LogP contribution >= 0.6 is 0 Å². The number of nitrogens with zero attached hydrogens (tertiary/aromatic N) is 1. The highest BCUT2D eigenvalue weighted by atomic mass is 19.4. The minimum Gasteiger partial charge on any atom is -0.507 e. The predicted octanol–water partition coefficient (Wildman–Crippen LogP) is 4.42. The molecule has 1 aliphatic carbocycles. The fourth-order valence-electron chi connectivity index (χ4n) is 3.27. The summed E-state index contributed by atoms with van der Waals surface area (Å²) in [7, 11) is 1.96. The van der Waals surface area contributed by atoms with E-state index in [2.05, 4.69) is 11.8 Å². The van der Waals surface area contributed by atoms with Crippen LogP contribution < -0.4 is 0 Å². The van der Waals surface area contributed by atoms with E-state index < -0.39 is 17.5 Å². The summed E-state index contributed by atoms with van der Waals surface area (Å²) in [5.74, 6) is -0.136. The largest absolute Gasteiger partial charge is 0.507 e. The van der Waals surface area contributed by atoms with Crippen LogP contribution in [-0.2, 0) is 12.7 Å². The first-order valence-corrected chi connectivity index (χ1v) is 7.38. The Morgan fingerprint density at radius 3 is 2.52 bits per heavy atom. The number of benzene rings is 1. The van der Waals surface area contributed by atoms with Gasteiger partial charge in [0, 0.05) is 12.6 Å². The third kappa shape index (κ3) is 3.90. The number of alkyl halides is 3. The third-order valence-electron chi connectivity index (χ3n) is 4.43. The number of hydrogen-bond acceptors (Lipinski definition) is 2. The standard InChI is InChI=1S/C16H22F3NO/c1-11-5-3-4-6-14(11)20(2)10-12-7-8-15(21)13(9-12)16(17,18)19/h7-9,11,14,21H,3-6,10H2,1-2H3. The molecule has 2 rings (SSSR count). The second-order valence-electron chi connectivity index (χ2n) is 6.09. The second-order valence-corrected chi connectivity index (χ2v) is 6.09. The molecule has 0 radical (unpaired) electrons. The lowest BCUT2D eigenvalue weighted by Gasteiger charge is -2.36. The average Bonchev–Trinajstić information content (AvgIpc) is 2.40. The molecule has 118 valence electrons. The summed E-state index contributed by atoms with van der Waals surface area (Å²) in [5, 5.41) is 9.36. The van der Waals surface area contributed by atoms with Crippen molar-refractivity contribution >= 4 is 0 Å². The zero-order valence-corrected chi connectivity index (χ0v) is 12.5. The van der Waals surface area contributed by atoms with Crippen molar-refractivity contribution in [1.82, 2.24) is 4.90 Å². The van der Waals surface area contributed by atoms with Crippen molar-refractivity contribution < 1.29 is 18.3 Å². The Labute approximate surface area is 123 Å². The summed E-state index contributed by atoms with van der Waals surface area (Å²) >= 11 is 0. The molecule has 2 nitrogen and oxygen atoms in total. The van der Waals surface area contributed by atoms with Crippen LogP contribution in [0.1, 0.15) is 43.7 Å². The van der Waals surface area contributed by atoms with Gasteiger partial charge in [-0.1, -0.05) is 25.8 Å². The van der Waals surface area contributed by atoms with Gasteiger partial charge in [-0.05, 0) is 43.5 Å². The zero-order chi connectivity index (χ0) is 15.6. The van der Waals surface area contributed by atoms with E-state index in [4.69, 9.17) is 0 Å². The van der Waals surface area contributed by atoms with Gasteiger partial charge in [-0.25, -0.2) is 0 Å². The van der Waals surface area contributed by atoms with Gasteiger partial charge < -0.3 is 5.11 Å².